The Morgan fingerprint density at radius 1 is 1.29 bits per heavy atom. The fourth-order valence-electron chi connectivity index (χ4n) is 2.49. The molecule has 3 aliphatic heterocycles. The normalized spacial score (nSPS) is 42.4. The molecule has 2 bridgehead atoms. The van der Waals surface area contributed by atoms with Crippen molar-refractivity contribution in [3.63, 3.8) is 0 Å². The number of nitrogens with one attached hydrogen (secondary N) is 1. The SMILES string of the molecule is [N-]=NNCC1OC2OCCCCC1C(O)C2O. The highest BCUT2D eigenvalue weighted by atomic mass is 16.7. The van der Waals surface area contributed by atoms with Gasteiger partial charge in [-0.15, -0.1) is 0 Å². The van der Waals surface area contributed by atoms with Gasteiger partial charge in [0, 0.05) is 12.5 Å². The van der Waals surface area contributed by atoms with Crippen LogP contribution >= 0.6 is 0 Å². The molecule has 17 heavy (non-hydrogen) atoms. The fraction of sp³-hybridized carbons (Fsp3) is 1.00. The average Bonchev–Trinajstić information content (AvgIpc) is 2.47. The van der Waals surface area contributed by atoms with E-state index in [9.17, 15) is 10.2 Å². The van der Waals surface area contributed by atoms with Crippen LogP contribution in [0.5, 0.6) is 0 Å². The van der Waals surface area contributed by atoms with Crippen molar-refractivity contribution < 1.29 is 19.7 Å². The minimum atomic E-state index is -1.01. The van der Waals surface area contributed by atoms with Gasteiger partial charge in [0.25, 0.3) is 0 Å². The van der Waals surface area contributed by atoms with E-state index in [0.717, 1.165) is 19.3 Å². The Kier molecular flexibility index (Phi) is 4.27. The van der Waals surface area contributed by atoms with Gasteiger partial charge in [-0.05, 0) is 19.4 Å². The summed E-state index contributed by atoms with van der Waals surface area (Å²) in [6.45, 7) is 0.802. The Morgan fingerprint density at radius 3 is 2.88 bits per heavy atom. The summed E-state index contributed by atoms with van der Waals surface area (Å²) in [7, 11) is 0. The van der Waals surface area contributed by atoms with E-state index in [1.807, 2.05) is 0 Å². The first-order valence-electron chi connectivity index (χ1n) is 5.94. The second-order valence-corrected chi connectivity index (χ2v) is 4.52. The van der Waals surface area contributed by atoms with Gasteiger partial charge in [-0.3, -0.25) is 5.22 Å². The minimum absolute atomic E-state index is 0.169. The fourth-order valence-corrected chi connectivity index (χ4v) is 2.49. The van der Waals surface area contributed by atoms with Crippen molar-refractivity contribution >= 4 is 0 Å². The van der Waals surface area contributed by atoms with Crippen LogP contribution in [0.15, 0.2) is 5.22 Å². The van der Waals surface area contributed by atoms with Crippen LogP contribution in [0.2, 0.25) is 0 Å². The lowest BCUT2D eigenvalue weighted by Gasteiger charge is -2.42. The van der Waals surface area contributed by atoms with Gasteiger partial charge in [-0.25, -0.2) is 0 Å². The molecule has 0 amide bonds. The van der Waals surface area contributed by atoms with Gasteiger partial charge < -0.3 is 30.6 Å². The zero-order chi connectivity index (χ0) is 12.3. The van der Waals surface area contributed by atoms with Gasteiger partial charge in [-0.1, -0.05) is 6.42 Å². The standard InChI is InChI=1S/C10H18N3O4/c11-13-12-5-7-6-3-1-2-4-16-10(17-7)9(15)8(6)14/h6-10,14-15H,1-5H2,(H-,11,12)/q-1. The van der Waals surface area contributed by atoms with Crippen molar-refractivity contribution in [1.82, 2.24) is 5.43 Å². The van der Waals surface area contributed by atoms with Crippen LogP contribution in [0, 0.1) is 5.92 Å². The first-order valence-corrected chi connectivity index (χ1v) is 5.94. The number of nitrogens with zero attached hydrogens (tertiary/aromatic N) is 2. The molecule has 0 spiro atoms. The average molecular weight is 244 g/mol. The molecular formula is C10H18N3O4-. The number of hydrogen-bond donors (Lipinski definition) is 3. The van der Waals surface area contributed by atoms with E-state index in [0.29, 0.717) is 6.61 Å². The summed E-state index contributed by atoms with van der Waals surface area (Å²) in [5.74, 6) is -0.169. The number of rotatable bonds is 3. The zero-order valence-electron chi connectivity index (χ0n) is 9.53. The molecular weight excluding hydrogens is 226 g/mol. The number of hydrogen-bond acceptors (Lipinski definition) is 5. The molecule has 3 rings (SSSR count). The zero-order valence-corrected chi connectivity index (χ0v) is 9.53. The Hall–Kier alpha value is -0.760. The van der Waals surface area contributed by atoms with Gasteiger partial charge in [0.05, 0.1) is 12.2 Å². The van der Waals surface area contributed by atoms with Gasteiger partial charge in [0.2, 0.25) is 0 Å². The minimum Gasteiger partial charge on any atom is -0.411 e. The molecule has 5 atom stereocenters. The number of aliphatic hydroxyl groups is 2. The van der Waals surface area contributed by atoms with E-state index in [-0.39, 0.29) is 18.6 Å². The molecule has 7 nitrogen and oxygen atoms in total. The van der Waals surface area contributed by atoms with E-state index in [2.05, 4.69) is 10.6 Å². The predicted molar refractivity (Wildman–Crippen MR) is 57.8 cm³/mol. The number of aliphatic hydroxyl groups excluding tert-OH is 2. The lowest BCUT2D eigenvalue weighted by Crippen LogP contribution is -2.56. The smallest absolute Gasteiger partial charge is 0.186 e. The summed E-state index contributed by atoms with van der Waals surface area (Å²) in [5.41, 5.74) is 10.8. The second kappa shape index (κ2) is 5.72. The predicted octanol–water partition coefficient (Wildman–Crippen LogP) is -0.224. The topological polar surface area (TPSA) is 106 Å². The van der Waals surface area contributed by atoms with E-state index in [1.165, 1.54) is 0 Å². The van der Waals surface area contributed by atoms with Crippen LogP contribution < -0.4 is 5.43 Å². The molecule has 3 heterocycles. The highest BCUT2D eigenvalue weighted by molar-refractivity contribution is 4.90. The Bertz CT molecular complexity index is 264. The molecule has 0 aromatic rings. The molecule has 3 aliphatic rings. The monoisotopic (exact) mass is 244 g/mol. The second-order valence-electron chi connectivity index (χ2n) is 4.52. The summed E-state index contributed by atoms with van der Waals surface area (Å²) in [6, 6.07) is 0. The summed E-state index contributed by atoms with van der Waals surface area (Å²) in [5, 5.41) is 22.7. The first-order chi connectivity index (χ1) is 8.24. The van der Waals surface area contributed by atoms with Crippen molar-refractivity contribution in [3.8, 4) is 0 Å². The molecule has 0 radical (unpaired) electrons. The van der Waals surface area contributed by atoms with Crippen molar-refractivity contribution in [1.29, 1.82) is 0 Å². The molecule has 3 N–H and O–H groups in total. The van der Waals surface area contributed by atoms with Crippen LogP contribution in [0.25, 0.3) is 5.53 Å². The third-order valence-corrected chi connectivity index (χ3v) is 3.43. The third-order valence-electron chi connectivity index (χ3n) is 3.43. The summed E-state index contributed by atoms with van der Waals surface area (Å²) in [4.78, 5) is 0. The first kappa shape index (κ1) is 12.7. The maximum absolute atomic E-state index is 10.0. The maximum atomic E-state index is 10.0. The van der Waals surface area contributed by atoms with Crippen molar-refractivity contribution in [2.45, 2.75) is 43.9 Å². The maximum Gasteiger partial charge on any atom is 0.186 e. The van der Waals surface area contributed by atoms with Crippen LogP contribution in [0.1, 0.15) is 19.3 Å². The van der Waals surface area contributed by atoms with Gasteiger partial charge in [-0.2, -0.15) is 0 Å². The van der Waals surface area contributed by atoms with Crippen LogP contribution in [0.4, 0.5) is 0 Å². The third kappa shape index (κ3) is 2.74. The molecule has 0 aromatic carbocycles. The van der Waals surface area contributed by atoms with Crippen LogP contribution in [-0.2, 0) is 9.47 Å². The van der Waals surface area contributed by atoms with Gasteiger partial charge in [0.15, 0.2) is 6.29 Å². The molecule has 0 saturated carbocycles. The van der Waals surface area contributed by atoms with Gasteiger partial charge >= 0.3 is 0 Å². The van der Waals surface area contributed by atoms with Crippen molar-refractivity contribution in [2.75, 3.05) is 13.2 Å². The van der Waals surface area contributed by atoms with Crippen LogP contribution in [0.3, 0.4) is 0 Å². The molecule has 0 aliphatic carbocycles. The van der Waals surface area contributed by atoms with E-state index in [1.54, 1.807) is 0 Å². The molecule has 98 valence electrons. The highest BCUT2D eigenvalue weighted by Crippen LogP contribution is 2.32. The molecule has 3 saturated heterocycles. The lowest BCUT2D eigenvalue weighted by atomic mass is 9.85. The Balaban J connectivity index is 2.10. The molecule has 7 heteroatoms. The van der Waals surface area contributed by atoms with Crippen molar-refractivity contribution in [2.24, 2.45) is 11.1 Å². The molecule has 0 aromatic heterocycles. The molecule has 5 unspecified atom stereocenters. The summed E-state index contributed by atoms with van der Waals surface area (Å²) < 4.78 is 11.0. The Morgan fingerprint density at radius 2 is 2.12 bits per heavy atom. The summed E-state index contributed by atoms with van der Waals surface area (Å²) in [6.07, 6.45) is -0.445. The van der Waals surface area contributed by atoms with E-state index in [4.69, 9.17) is 15.0 Å². The van der Waals surface area contributed by atoms with Crippen LogP contribution in [-0.4, -0.2) is 48.0 Å². The quantitative estimate of drug-likeness (QED) is 0.470. The number of fused-ring (bicyclic) bond motifs is 6. The van der Waals surface area contributed by atoms with E-state index >= 15 is 0 Å². The van der Waals surface area contributed by atoms with E-state index < -0.39 is 18.5 Å². The highest BCUT2D eigenvalue weighted by Gasteiger charge is 2.44. The summed E-state index contributed by atoms with van der Waals surface area (Å²) >= 11 is 0. The van der Waals surface area contributed by atoms with Gasteiger partial charge in [0.1, 0.15) is 6.10 Å². The lowest BCUT2D eigenvalue weighted by molar-refractivity contribution is -0.281. The Labute approximate surface area is 99.6 Å². The number of ether oxygens (including phenoxy) is 2. The van der Waals surface area contributed by atoms with Crippen molar-refractivity contribution in [3.05, 3.63) is 5.53 Å². The largest absolute Gasteiger partial charge is 0.411 e. The molecule has 3 fully saturated rings.